The highest BCUT2D eigenvalue weighted by atomic mass is 16.6. The fraction of sp³-hybridized carbons (Fsp3) is 0.875. The van der Waals surface area contributed by atoms with Crippen molar-refractivity contribution >= 4 is 5.78 Å². The van der Waals surface area contributed by atoms with E-state index in [2.05, 4.69) is 0 Å². The summed E-state index contributed by atoms with van der Waals surface area (Å²) in [5, 5.41) is 37.3. The van der Waals surface area contributed by atoms with Crippen LogP contribution in [0.25, 0.3) is 0 Å². The van der Waals surface area contributed by atoms with Crippen LogP contribution in [0.5, 0.6) is 0 Å². The van der Waals surface area contributed by atoms with Gasteiger partial charge >= 0.3 is 0 Å². The molecule has 5 atom stereocenters. The van der Waals surface area contributed by atoms with E-state index in [1.165, 1.54) is 0 Å². The van der Waals surface area contributed by atoms with Crippen LogP contribution < -0.4 is 5.73 Å². The summed E-state index contributed by atoms with van der Waals surface area (Å²) in [4.78, 5) is 11.2. The van der Waals surface area contributed by atoms with Crippen molar-refractivity contribution in [1.29, 1.82) is 0 Å². The van der Waals surface area contributed by atoms with Gasteiger partial charge in [-0.15, -0.1) is 0 Å². The van der Waals surface area contributed by atoms with E-state index in [1.54, 1.807) is 0 Å². The number of ether oxygens (including phenoxy) is 1. The first-order valence-corrected chi connectivity index (χ1v) is 4.46. The number of carbonyl (C=O) groups is 1. The SMILES string of the molecule is CC(=O)[C@]1(N)C(O)O[C@H](CO)[C@@H](O)[C@@H]1O.O. The molecule has 1 aliphatic rings. The van der Waals surface area contributed by atoms with E-state index in [1.807, 2.05) is 0 Å². The van der Waals surface area contributed by atoms with Gasteiger partial charge in [0.1, 0.15) is 18.3 Å². The Kier molecular flexibility index (Phi) is 4.95. The molecule has 8 heteroatoms. The third-order valence-electron chi connectivity index (χ3n) is 2.70. The standard InChI is InChI=1S/C8H15NO6.H2O/c1-3(11)8(9)6(13)5(12)4(2-10)15-7(8)14;/h4-7,10,12-14H,2,9H2,1H3;1H2/t4-,5-,6+,7?,8-;/m1./s1. The van der Waals surface area contributed by atoms with Crippen LogP contribution in [0.15, 0.2) is 0 Å². The second-order valence-electron chi connectivity index (χ2n) is 3.63. The van der Waals surface area contributed by atoms with Crippen LogP contribution in [-0.4, -0.2) is 68.4 Å². The van der Waals surface area contributed by atoms with Gasteiger partial charge in [-0.25, -0.2) is 0 Å². The molecule has 1 unspecified atom stereocenters. The minimum atomic E-state index is -2.06. The fourth-order valence-corrected chi connectivity index (χ4v) is 1.52. The molecule has 0 aromatic carbocycles. The monoisotopic (exact) mass is 239 g/mol. The Morgan fingerprint density at radius 2 is 1.94 bits per heavy atom. The molecule has 96 valence electrons. The lowest BCUT2D eigenvalue weighted by atomic mass is 9.81. The maximum absolute atomic E-state index is 11.2. The van der Waals surface area contributed by atoms with Crippen LogP contribution in [0.4, 0.5) is 0 Å². The molecule has 1 aliphatic heterocycles. The number of aliphatic hydroxyl groups excluding tert-OH is 4. The number of hydrogen-bond acceptors (Lipinski definition) is 7. The molecule has 1 fully saturated rings. The minimum absolute atomic E-state index is 0. The highest BCUT2D eigenvalue weighted by molar-refractivity contribution is 5.87. The number of rotatable bonds is 2. The normalized spacial score (nSPS) is 43.6. The first-order valence-electron chi connectivity index (χ1n) is 4.46. The Balaban J connectivity index is 0.00000225. The van der Waals surface area contributed by atoms with Crippen LogP contribution in [0.1, 0.15) is 6.92 Å². The molecule has 8 nitrogen and oxygen atoms in total. The molecule has 0 aromatic heterocycles. The lowest BCUT2D eigenvalue weighted by molar-refractivity contribution is -0.270. The Hall–Kier alpha value is -0.610. The van der Waals surface area contributed by atoms with Gasteiger partial charge in [0.25, 0.3) is 0 Å². The first kappa shape index (κ1) is 15.4. The summed E-state index contributed by atoms with van der Waals surface area (Å²) >= 11 is 0. The number of aliphatic hydroxyl groups is 4. The molecule has 0 aromatic rings. The van der Waals surface area contributed by atoms with E-state index in [4.69, 9.17) is 15.6 Å². The van der Waals surface area contributed by atoms with Crippen molar-refractivity contribution in [3.8, 4) is 0 Å². The molecular formula is C8H17NO7. The van der Waals surface area contributed by atoms with Gasteiger partial charge < -0.3 is 36.4 Å². The summed E-state index contributed by atoms with van der Waals surface area (Å²) in [6, 6.07) is 0. The molecule has 0 spiro atoms. The van der Waals surface area contributed by atoms with Crippen molar-refractivity contribution < 1.29 is 35.4 Å². The number of carbonyl (C=O) groups excluding carboxylic acids is 1. The lowest BCUT2D eigenvalue weighted by Gasteiger charge is -2.45. The second-order valence-corrected chi connectivity index (χ2v) is 3.63. The third kappa shape index (κ3) is 2.09. The Bertz CT molecular complexity index is 261. The predicted octanol–water partition coefficient (Wildman–Crippen LogP) is -4.12. The summed E-state index contributed by atoms with van der Waals surface area (Å²) in [6.45, 7) is 0.477. The largest absolute Gasteiger partial charge is 0.412 e. The highest BCUT2D eigenvalue weighted by Gasteiger charge is 2.55. The van der Waals surface area contributed by atoms with Crippen molar-refractivity contribution in [2.24, 2.45) is 5.73 Å². The fourth-order valence-electron chi connectivity index (χ4n) is 1.52. The maximum atomic E-state index is 11.2. The number of hydrogen-bond donors (Lipinski definition) is 5. The van der Waals surface area contributed by atoms with Gasteiger partial charge in [-0.2, -0.15) is 0 Å². The molecule has 0 bridgehead atoms. The molecule has 1 saturated heterocycles. The van der Waals surface area contributed by atoms with Gasteiger partial charge in [0.15, 0.2) is 17.6 Å². The van der Waals surface area contributed by atoms with Crippen molar-refractivity contribution in [3.05, 3.63) is 0 Å². The highest BCUT2D eigenvalue weighted by Crippen LogP contribution is 2.27. The zero-order chi connectivity index (χ0) is 11.8. The minimum Gasteiger partial charge on any atom is -0.412 e. The Morgan fingerprint density at radius 1 is 1.44 bits per heavy atom. The molecule has 0 amide bonds. The van der Waals surface area contributed by atoms with Crippen LogP contribution in [0.3, 0.4) is 0 Å². The van der Waals surface area contributed by atoms with Crippen molar-refractivity contribution in [1.82, 2.24) is 0 Å². The molecule has 0 radical (unpaired) electrons. The van der Waals surface area contributed by atoms with Crippen LogP contribution in [-0.2, 0) is 9.53 Å². The van der Waals surface area contributed by atoms with Crippen LogP contribution in [0, 0.1) is 0 Å². The first-order chi connectivity index (χ1) is 6.85. The summed E-state index contributed by atoms with van der Waals surface area (Å²) in [6.07, 6.45) is -6.13. The molecule has 0 aliphatic carbocycles. The number of Topliss-reactive ketones (excluding diaryl/α,β-unsaturated/α-hetero) is 1. The number of nitrogens with two attached hydrogens (primary N) is 1. The van der Waals surface area contributed by atoms with Crippen molar-refractivity contribution in [2.75, 3.05) is 6.61 Å². The van der Waals surface area contributed by atoms with Gasteiger partial charge in [0.05, 0.1) is 6.61 Å². The van der Waals surface area contributed by atoms with E-state index in [0.717, 1.165) is 6.92 Å². The lowest BCUT2D eigenvalue weighted by Crippen LogP contribution is -2.73. The van der Waals surface area contributed by atoms with Gasteiger partial charge in [0.2, 0.25) is 0 Å². The van der Waals surface area contributed by atoms with E-state index in [-0.39, 0.29) is 5.48 Å². The van der Waals surface area contributed by atoms with Gasteiger partial charge in [-0.3, -0.25) is 4.79 Å². The topological polar surface area (TPSA) is 165 Å². The molecule has 0 saturated carbocycles. The van der Waals surface area contributed by atoms with Gasteiger partial charge in [0, 0.05) is 0 Å². The van der Waals surface area contributed by atoms with E-state index in [9.17, 15) is 20.1 Å². The van der Waals surface area contributed by atoms with E-state index < -0.39 is 42.5 Å². The quantitative estimate of drug-likeness (QED) is 0.326. The predicted molar refractivity (Wildman–Crippen MR) is 51.2 cm³/mol. The summed E-state index contributed by atoms with van der Waals surface area (Å²) in [5.41, 5.74) is 3.42. The third-order valence-corrected chi connectivity index (χ3v) is 2.70. The molecule has 8 N–H and O–H groups in total. The summed E-state index contributed by atoms with van der Waals surface area (Å²) < 4.78 is 4.74. The van der Waals surface area contributed by atoms with Crippen LogP contribution in [0.2, 0.25) is 0 Å². The van der Waals surface area contributed by atoms with Crippen molar-refractivity contribution in [2.45, 2.75) is 37.1 Å². The van der Waals surface area contributed by atoms with E-state index in [0.29, 0.717) is 0 Å². The second kappa shape index (κ2) is 5.15. The van der Waals surface area contributed by atoms with Gasteiger partial charge in [-0.05, 0) is 6.92 Å². The molecule has 1 rings (SSSR count). The maximum Gasteiger partial charge on any atom is 0.183 e. The van der Waals surface area contributed by atoms with Crippen LogP contribution >= 0.6 is 0 Å². The Morgan fingerprint density at radius 3 is 2.31 bits per heavy atom. The summed E-state index contributed by atoms with van der Waals surface area (Å²) in [7, 11) is 0. The summed E-state index contributed by atoms with van der Waals surface area (Å²) in [5.74, 6) is -0.710. The molecule has 16 heavy (non-hydrogen) atoms. The average Bonchev–Trinajstić information content (AvgIpc) is 2.20. The van der Waals surface area contributed by atoms with E-state index >= 15 is 0 Å². The smallest absolute Gasteiger partial charge is 0.183 e. The Labute approximate surface area is 91.6 Å². The molecular weight excluding hydrogens is 222 g/mol. The zero-order valence-corrected chi connectivity index (χ0v) is 8.70. The van der Waals surface area contributed by atoms with Gasteiger partial charge in [-0.1, -0.05) is 0 Å². The number of ketones is 1. The average molecular weight is 239 g/mol. The van der Waals surface area contributed by atoms with Crippen molar-refractivity contribution in [3.63, 3.8) is 0 Å². The molecule has 1 heterocycles. The zero-order valence-electron chi connectivity index (χ0n) is 8.70.